The van der Waals surface area contributed by atoms with Crippen molar-refractivity contribution in [2.24, 2.45) is 0 Å². The smallest absolute Gasteiger partial charge is 0.269 e. The van der Waals surface area contributed by atoms with Crippen molar-refractivity contribution in [1.29, 1.82) is 0 Å². The number of rotatable bonds is 5. The predicted octanol–water partition coefficient (Wildman–Crippen LogP) is 3.52. The van der Waals surface area contributed by atoms with E-state index in [9.17, 15) is 19.7 Å². The summed E-state index contributed by atoms with van der Waals surface area (Å²) >= 11 is 0. The van der Waals surface area contributed by atoms with Gasteiger partial charge in [0.25, 0.3) is 5.69 Å². The van der Waals surface area contributed by atoms with Crippen molar-refractivity contribution in [2.75, 3.05) is 0 Å². The summed E-state index contributed by atoms with van der Waals surface area (Å²) in [5, 5.41) is 15.1. The Bertz CT molecular complexity index is 1010. The monoisotopic (exact) mass is 349 g/mol. The Morgan fingerprint density at radius 2 is 1.65 bits per heavy atom. The van der Waals surface area contributed by atoms with Gasteiger partial charge in [-0.05, 0) is 26.0 Å². The molecule has 0 atom stereocenters. The maximum Gasteiger partial charge on any atom is 0.269 e. The predicted molar refractivity (Wildman–Crippen MR) is 94.8 cm³/mol. The van der Waals surface area contributed by atoms with Gasteiger partial charge in [0.2, 0.25) is 5.78 Å². The first-order valence-electron chi connectivity index (χ1n) is 7.85. The Morgan fingerprint density at radius 3 is 2.19 bits per heavy atom. The minimum Gasteiger partial charge on any atom is -0.294 e. The maximum atomic E-state index is 12.8. The van der Waals surface area contributed by atoms with Crippen molar-refractivity contribution < 1.29 is 14.5 Å². The summed E-state index contributed by atoms with van der Waals surface area (Å²) in [6.45, 7) is 3.07. The third kappa shape index (κ3) is 3.02. The van der Waals surface area contributed by atoms with Gasteiger partial charge in [-0.2, -0.15) is 5.10 Å². The topological polar surface area (TPSA) is 95.1 Å². The minimum atomic E-state index is -0.495. The van der Waals surface area contributed by atoms with Crippen LogP contribution >= 0.6 is 0 Å². The molecule has 3 aromatic rings. The fourth-order valence-corrected chi connectivity index (χ4v) is 2.78. The number of hydrogen-bond acceptors (Lipinski definition) is 5. The van der Waals surface area contributed by atoms with Crippen LogP contribution in [0.15, 0.2) is 54.6 Å². The van der Waals surface area contributed by atoms with Crippen molar-refractivity contribution in [1.82, 2.24) is 9.78 Å². The molecule has 0 bridgehead atoms. The van der Waals surface area contributed by atoms with Crippen LogP contribution in [-0.2, 0) is 0 Å². The van der Waals surface area contributed by atoms with E-state index in [2.05, 4.69) is 5.10 Å². The highest BCUT2D eigenvalue weighted by Crippen LogP contribution is 2.23. The van der Waals surface area contributed by atoms with Crippen molar-refractivity contribution in [3.63, 3.8) is 0 Å². The average Bonchev–Trinajstić information content (AvgIpc) is 2.99. The molecular formula is C19H15N3O4. The number of hydrogen-bond donors (Lipinski definition) is 0. The van der Waals surface area contributed by atoms with Gasteiger partial charge in [0.05, 0.1) is 21.9 Å². The summed E-state index contributed by atoms with van der Waals surface area (Å²) in [5.74, 6) is -0.616. The van der Waals surface area contributed by atoms with Crippen LogP contribution < -0.4 is 0 Å². The molecule has 0 saturated carbocycles. The first-order chi connectivity index (χ1) is 12.4. The second-order valence-electron chi connectivity index (χ2n) is 5.75. The third-order valence-electron chi connectivity index (χ3n) is 4.02. The summed E-state index contributed by atoms with van der Waals surface area (Å²) in [6.07, 6.45) is 0. The molecule has 130 valence electrons. The van der Waals surface area contributed by atoms with Gasteiger partial charge in [0, 0.05) is 17.7 Å². The van der Waals surface area contributed by atoms with E-state index >= 15 is 0 Å². The first kappa shape index (κ1) is 17.2. The Hall–Kier alpha value is -3.61. The summed E-state index contributed by atoms with van der Waals surface area (Å²) in [4.78, 5) is 35.2. The van der Waals surface area contributed by atoms with Gasteiger partial charge in [0.1, 0.15) is 5.69 Å². The van der Waals surface area contributed by atoms with Gasteiger partial charge in [-0.1, -0.05) is 30.3 Å². The SMILES string of the molecule is CC(=O)c1c(C(=O)c2ccccc2)nn(-c2ccc([N+](=O)[O-])cc2)c1C. The lowest BCUT2D eigenvalue weighted by atomic mass is 10.0. The van der Waals surface area contributed by atoms with E-state index in [4.69, 9.17) is 0 Å². The maximum absolute atomic E-state index is 12.8. The number of Topliss-reactive ketones (excluding diaryl/α,β-unsaturated/α-hetero) is 1. The zero-order valence-electron chi connectivity index (χ0n) is 14.2. The van der Waals surface area contributed by atoms with Crippen molar-refractivity contribution >= 4 is 17.3 Å². The van der Waals surface area contributed by atoms with E-state index in [1.807, 2.05) is 0 Å². The van der Waals surface area contributed by atoms with Crippen LogP contribution in [0.2, 0.25) is 0 Å². The second kappa shape index (κ2) is 6.72. The quantitative estimate of drug-likeness (QED) is 0.399. The Morgan fingerprint density at radius 1 is 1.04 bits per heavy atom. The van der Waals surface area contributed by atoms with Crippen molar-refractivity contribution in [3.8, 4) is 5.69 Å². The molecule has 0 aliphatic heterocycles. The Balaban J connectivity index is 2.12. The van der Waals surface area contributed by atoms with Crippen LogP contribution in [0.3, 0.4) is 0 Å². The molecule has 3 rings (SSSR count). The molecule has 0 aliphatic carbocycles. The molecule has 0 N–H and O–H groups in total. The standard InChI is InChI=1S/C19H15N3O4/c1-12-17(13(2)23)18(19(24)14-6-4-3-5-7-14)20-21(12)15-8-10-16(11-9-15)22(25)26/h3-11H,1-2H3. The summed E-state index contributed by atoms with van der Waals surface area (Å²) in [5.41, 5.74) is 1.74. The number of non-ortho nitro benzene ring substituents is 1. The Kier molecular flexibility index (Phi) is 4.45. The van der Waals surface area contributed by atoms with Crippen LogP contribution in [0.4, 0.5) is 5.69 Å². The molecule has 1 aromatic heterocycles. The summed E-state index contributed by atoms with van der Waals surface area (Å²) in [7, 11) is 0. The van der Waals surface area contributed by atoms with Gasteiger partial charge in [-0.15, -0.1) is 0 Å². The number of carbonyl (C=O) groups is 2. The summed E-state index contributed by atoms with van der Waals surface area (Å²) in [6, 6.07) is 14.3. The normalized spacial score (nSPS) is 10.5. The number of benzene rings is 2. The molecule has 0 amide bonds. The van der Waals surface area contributed by atoms with Gasteiger partial charge in [-0.25, -0.2) is 4.68 Å². The molecule has 7 nitrogen and oxygen atoms in total. The lowest BCUT2D eigenvalue weighted by Crippen LogP contribution is -2.08. The van der Waals surface area contributed by atoms with Crippen LogP contribution in [0.25, 0.3) is 5.69 Å². The molecular weight excluding hydrogens is 334 g/mol. The highest BCUT2D eigenvalue weighted by Gasteiger charge is 2.25. The number of aromatic nitrogens is 2. The van der Waals surface area contributed by atoms with Crippen LogP contribution in [0.1, 0.15) is 39.0 Å². The zero-order chi connectivity index (χ0) is 18.8. The molecule has 0 aliphatic rings. The van der Waals surface area contributed by atoms with Gasteiger partial charge in [0.15, 0.2) is 5.78 Å². The average molecular weight is 349 g/mol. The van der Waals surface area contributed by atoms with E-state index in [-0.39, 0.29) is 28.5 Å². The minimum absolute atomic E-state index is 0.0501. The van der Waals surface area contributed by atoms with E-state index in [1.165, 1.54) is 35.9 Å². The van der Waals surface area contributed by atoms with Crippen molar-refractivity contribution in [3.05, 3.63) is 87.2 Å². The number of ketones is 2. The molecule has 0 spiro atoms. The Labute approximate surface area is 149 Å². The van der Waals surface area contributed by atoms with Gasteiger partial charge in [-0.3, -0.25) is 19.7 Å². The number of carbonyl (C=O) groups excluding carboxylic acids is 2. The number of nitro benzene ring substituents is 1. The van der Waals surface area contributed by atoms with Crippen LogP contribution in [0.5, 0.6) is 0 Å². The molecule has 1 heterocycles. The van der Waals surface area contributed by atoms with E-state index < -0.39 is 4.92 Å². The van der Waals surface area contributed by atoms with Gasteiger partial charge >= 0.3 is 0 Å². The highest BCUT2D eigenvalue weighted by atomic mass is 16.6. The summed E-state index contributed by atoms with van der Waals surface area (Å²) < 4.78 is 1.45. The third-order valence-corrected chi connectivity index (χ3v) is 4.02. The zero-order valence-corrected chi connectivity index (χ0v) is 14.2. The highest BCUT2D eigenvalue weighted by molar-refractivity contribution is 6.14. The molecule has 0 saturated heterocycles. The number of nitro groups is 1. The lowest BCUT2D eigenvalue weighted by molar-refractivity contribution is -0.384. The van der Waals surface area contributed by atoms with Crippen molar-refractivity contribution in [2.45, 2.75) is 13.8 Å². The van der Waals surface area contributed by atoms with Crippen LogP contribution in [-0.4, -0.2) is 26.3 Å². The van der Waals surface area contributed by atoms with E-state index in [1.54, 1.807) is 37.3 Å². The molecule has 2 aromatic carbocycles. The fraction of sp³-hybridized carbons (Fsp3) is 0.105. The number of nitrogens with zero attached hydrogens (tertiary/aromatic N) is 3. The first-order valence-corrected chi connectivity index (χ1v) is 7.85. The van der Waals surface area contributed by atoms with E-state index in [0.717, 1.165) is 0 Å². The molecule has 0 unspecified atom stereocenters. The lowest BCUT2D eigenvalue weighted by Gasteiger charge is -2.04. The van der Waals surface area contributed by atoms with E-state index in [0.29, 0.717) is 16.9 Å². The van der Waals surface area contributed by atoms with Crippen LogP contribution in [0, 0.1) is 17.0 Å². The van der Waals surface area contributed by atoms with Gasteiger partial charge < -0.3 is 0 Å². The molecule has 7 heteroatoms. The molecule has 0 fully saturated rings. The largest absolute Gasteiger partial charge is 0.294 e. The molecule has 0 radical (unpaired) electrons. The molecule has 26 heavy (non-hydrogen) atoms. The second-order valence-corrected chi connectivity index (χ2v) is 5.75. The fourth-order valence-electron chi connectivity index (χ4n) is 2.78.